The summed E-state index contributed by atoms with van der Waals surface area (Å²) in [6.45, 7) is 5.41. The van der Waals surface area contributed by atoms with Gasteiger partial charge in [0.1, 0.15) is 5.82 Å². The van der Waals surface area contributed by atoms with Crippen LogP contribution in [0.5, 0.6) is 0 Å². The van der Waals surface area contributed by atoms with Gasteiger partial charge in [0.05, 0.1) is 0 Å². The SMILES string of the molecule is CN=C(NCCCN1CCCC1)NCC1(c2cccc(F)c2)CC1.I. The van der Waals surface area contributed by atoms with E-state index in [0.717, 1.165) is 50.4 Å². The molecule has 1 heterocycles. The quantitative estimate of drug-likeness (QED) is 0.284. The second kappa shape index (κ2) is 9.71. The van der Waals surface area contributed by atoms with E-state index in [9.17, 15) is 4.39 Å². The third-order valence-corrected chi connectivity index (χ3v) is 5.25. The van der Waals surface area contributed by atoms with Gasteiger partial charge in [-0.1, -0.05) is 12.1 Å². The van der Waals surface area contributed by atoms with E-state index in [-0.39, 0.29) is 35.2 Å². The lowest BCUT2D eigenvalue weighted by molar-refractivity contribution is 0.334. The van der Waals surface area contributed by atoms with Crippen LogP contribution in [0.3, 0.4) is 0 Å². The Bertz CT molecular complexity index is 568. The second-order valence-electron chi connectivity index (χ2n) is 7.05. The molecular formula is C19H30FIN4. The number of halogens is 2. The minimum Gasteiger partial charge on any atom is -0.356 e. The highest BCUT2D eigenvalue weighted by Crippen LogP contribution is 2.47. The standard InChI is InChI=1S/C19H29FN4.HI/c1-21-18(22-10-5-13-24-11-2-3-12-24)23-15-19(8-9-19)16-6-4-7-17(20)14-16;/h4,6-7,14H,2-3,5,8-13,15H2,1H3,(H2,21,22,23);1H. The van der Waals surface area contributed by atoms with Crippen molar-refractivity contribution >= 4 is 29.9 Å². The Morgan fingerprint density at radius 2 is 2.00 bits per heavy atom. The summed E-state index contributed by atoms with van der Waals surface area (Å²) in [6.07, 6.45) is 6.04. The first-order chi connectivity index (χ1) is 11.7. The summed E-state index contributed by atoms with van der Waals surface area (Å²) in [5, 5.41) is 6.82. The Balaban J connectivity index is 0.00000225. The molecule has 0 amide bonds. The van der Waals surface area contributed by atoms with E-state index in [0.29, 0.717) is 0 Å². The number of guanidine groups is 1. The minimum absolute atomic E-state index is 0. The van der Waals surface area contributed by atoms with Crippen molar-refractivity contribution in [1.82, 2.24) is 15.5 Å². The molecule has 25 heavy (non-hydrogen) atoms. The number of nitrogens with zero attached hydrogens (tertiary/aromatic N) is 2. The molecule has 1 aromatic rings. The van der Waals surface area contributed by atoms with E-state index >= 15 is 0 Å². The molecule has 140 valence electrons. The molecule has 4 nitrogen and oxygen atoms in total. The molecule has 0 atom stereocenters. The third-order valence-electron chi connectivity index (χ3n) is 5.25. The summed E-state index contributed by atoms with van der Waals surface area (Å²) in [7, 11) is 1.80. The summed E-state index contributed by atoms with van der Waals surface area (Å²) in [5.74, 6) is 0.697. The maximum Gasteiger partial charge on any atom is 0.191 e. The van der Waals surface area contributed by atoms with Crippen LogP contribution in [-0.4, -0.2) is 50.6 Å². The number of rotatable bonds is 7. The molecule has 0 bridgehead atoms. The van der Waals surface area contributed by atoms with Crippen LogP contribution in [-0.2, 0) is 5.41 Å². The zero-order valence-corrected chi connectivity index (χ0v) is 17.4. The molecule has 2 N–H and O–H groups in total. The molecule has 0 unspecified atom stereocenters. The highest BCUT2D eigenvalue weighted by Gasteiger charge is 2.44. The Morgan fingerprint density at radius 3 is 2.64 bits per heavy atom. The predicted octanol–water partition coefficient (Wildman–Crippen LogP) is 3.13. The summed E-state index contributed by atoms with van der Waals surface area (Å²) < 4.78 is 13.5. The van der Waals surface area contributed by atoms with Gasteiger partial charge < -0.3 is 15.5 Å². The van der Waals surface area contributed by atoms with Gasteiger partial charge in [0.15, 0.2) is 5.96 Å². The number of aliphatic imine (C=N–C) groups is 1. The van der Waals surface area contributed by atoms with Crippen LogP contribution in [0, 0.1) is 5.82 Å². The molecule has 1 saturated heterocycles. The van der Waals surface area contributed by atoms with Gasteiger partial charge in [-0.3, -0.25) is 4.99 Å². The van der Waals surface area contributed by atoms with Crippen molar-refractivity contribution < 1.29 is 4.39 Å². The van der Waals surface area contributed by atoms with Gasteiger partial charge >= 0.3 is 0 Å². The topological polar surface area (TPSA) is 39.7 Å². The van der Waals surface area contributed by atoms with Gasteiger partial charge in [0, 0.05) is 25.6 Å². The normalized spacial score (nSPS) is 19.4. The van der Waals surface area contributed by atoms with Crippen LogP contribution in [0.1, 0.15) is 37.7 Å². The number of hydrogen-bond donors (Lipinski definition) is 2. The molecule has 1 aliphatic heterocycles. The lowest BCUT2D eigenvalue weighted by Crippen LogP contribution is -2.42. The Labute approximate surface area is 167 Å². The predicted molar refractivity (Wildman–Crippen MR) is 112 cm³/mol. The van der Waals surface area contributed by atoms with Crippen LogP contribution >= 0.6 is 24.0 Å². The van der Waals surface area contributed by atoms with Crippen LogP contribution in [0.15, 0.2) is 29.3 Å². The zero-order valence-electron chi connectivity index (χ0n) is 15.1. The lowest BCUT2D eigenvalue weighted by Gasteiger charge is -2.20. The number of likely N-dealkylation sites (tertiary alicyclic amines) is 1. The van der Waals surface area contributed by atoms with Gasteiger partial charge in [0.25, 0.3) is 0 Å². The largest absolute Gasteiger partial charge is 0.356 e. The summed E-state index contributed by atoms with van der Waals surface area (Å²) in [4.78, 5) is 6.83. The molecule has 0 radical (unpaired) electrons. The van der Waals surface area contributed by atoms with E-state index < -0.39 is 0 Å². The molecule has 0 spiro atoms. The fourth-order valence-corrected chi connectivity index (χ4v) is 3.53. The molecule has 1 aromatic carbocycles. The molecule has 2 fully saturated rings. The zero-order chi connectivity index (χ0) is 16.8. The van der Waals surface area contributed by atoms with Crippen LogP contribution < -0.4 is 10.6 Å². The van der Waals surface area contributed by atoms with Crippen molar-refractivity contribution in [2.24, 2.45) is 4.99 Å². The summed E-state index contributed by atoms with van der Waals surface area (Å²) in [5.41, 5.74) is 1.18. The average molecular weight is 460 g/mol. The van der Waals surface area contributed by atoms with Gasteiger partial charge in [0.2, 0.25) is 0 Å². The fourth-order valence-electron chi connectivity index (χ4n) is 3.53. The van der Waals surface area contributed by atoms with Crippen molar-refractivity contribution in [1.29, 1.82) is 0 Å². The first kappa shape index (κ1) is 20.4. The monoisotopic (exact) mass is 460 g/mol. The van der Waals surface area contributed by atoms with E-state index in [1.807, 2.05) is 6.07 Å². The van der Waals surface area contributed by atoms with Gasteiger partial charge in [-0.05, 0) is 69.4 Å². The average Bonchev–Trinajstić information content (AvgIpc) is 3.21. The second-order valence-corrected chi connectivity index (χ2v) is 7.05. The highest BCUT2D eigenvalue weighted by atomic mass is 127. The maximum atomic E-state index is 13.5. The van der Waals surface area contributed by atoms with Crippen molar-refractivity contribution in [2.45, 2.75) is 37.5 Å². The third kappa shape index (κ3) is 5.81. The molecular weight excluding hydrogens is 430 g/mol. The minimum atomic E-state index is -0.150. The van der Waals surface area contributed by atoms with Crippen molar-refractivity contribution in [2.75, 3.05) is 39.8 Å². The molecule has 1 saturated carbocycles. The van der Waals surface area contributed by atoms with Gasteiger partial charge in [-0.15, -0.1) is 24.0 Å². The Morgan fingerprint density at radius 1 is 1.24 bits per heavy atom. The van der Waals surface area contributed by atoms with E-state index in [4.69, 9.17) is 0 Å². The van der Waals surface area contributed by atoms with Gasteiger partial charge in [-0.25, -0.2) is 4.39 Å². The fraction of sp³-hybridized carbons (Fsp3) is 0.632. The van der Waals surface area contributed by atoms with E-state index in [1.165, 1.54) is 32.0 Å². The van der Waals surface area contributed by atoms with Crippen molar-refractivity contribution in [3.05, 3.63) is 35.6 Å². The van der Waals surface area contributed by atoms with Crippen LogP contribution in [0.4, 0.5) is 4.39 Å². The van der Waals surface area contributed by atoms with Crippen molar-refractivity contribution in [3.63, 3.8) is 0 Å². The Kier molecular flexibility index (Phi) is 7.93. The van der Waals surface area contributed by atoms with Crippen LogP contribution in [0.2, 0.25) is 0 Å². The number of benzene rings is 1. The molecule has 0 aromatic heterocycles. The molecule has 6 heteroatoms. The van der Waals surface area contributed by atoms with Crippen molar-refractivity contribution in [3.8, 4) is 0 Å². The van der Waals surface area contributed by atoms with Gasteiger partial charge in [-0.2, -0.15) is 0 Å². The molecule has 2 aliphatic rings. The van der Waals surface area contributed by atoms with E-state index in [2.05, 4.69) is 20.5 Å². The number of hydrogen-bond acceptors (Lipinski definition) is 2. The first-order valence-corrected chi connectivity index (χ1v) is 9.15. The summed E-state index contributed by atoms with van der Waals surface area (Å²) in [6, 6.07) is 7.01. The first-order valence-electron chi connectivity index (χ1n) is 9.15. The molecule has 3 rings (SSSR count). The van der Waals surface area contributed by atoms with Crippen LogP contribution in [0.25, 0.3) is 0 Å². The highest BCUT2D eigenvalue weighted by molar-refractivity contribution is 14.0. The molecule has 1 aliphatic carbocycles. The number of nitrogens with one attached hydrogen (secondary N) is 2. The lowest BCUT2D eigenvalue weighted by atomic mass is 9.96. The van der Waals surface area contributed by atoms with E-state index in [1.54, 1.807) is 19.2 Å². The Hall–Kier alpha value is -0.890. The maximum absolute atomic E-state index is 13.5. The smallest absolute Gasteiger partial charge is 0.191 e. The summed E-state index contributed by atoms with van der Waals surface area (Å²) >= 11 is 0.